The first-order valence-electron chi connectivity index (χ1n) is 16.4. The van der Waals surface area contributed by atoms with Gasteiger partial charge in [0.15, 0.2) is 0 Å². The van der Waals surface area contributed by atoms with E-state index in [0.29, 0.717) is 11.1 Å². The minimum atomic E-state index is -0.284. The first kappa shape index (κ1) is 36.4. The average Bonchev–Trinajstić information content (AvgIpc) is 3.04. The Morgan fingerprint density at radius 1 is 0.609 bits per heavy atom. The first-order valence-corrected chi connectivity index (χ1v) is 16.4. The molecular formula is C40H54N2O4. The molecule has 0 bridgehead atoms. The maximum absolute atomic E-state index is 12.3. The fourth-order valence-corrected chi connectivity index (χ4v) is 6.02. The van der Waals surface area contributed by atoms with Crippen molar-refractivity contribution in [1.29, 1.82) is 0 Å². The summed E-state index contributed by atoms with van der Waals surface area (Å²) in [5, 5.41) is 0. The molecule has 0 saturated heterocycles. The SMILES string of the molecule is CCCN1C=C(C(=O)OC)C(c2ccccc2)=C[C@@H]1C(C)(C)C.CCCN1C=C(C(=O)OC)C(c2ccccc2)=C[C@H]1C(C)(C)C. The van der Waals surface area contributed by atoms with Crippen LogP contribution in [0.25, 0.3) is 11.1 Å². The van der Waals surface area contributed by atoms with E-state index in [1.807, 2.05) is 73.1 Å². The lowest BCUT2D eigenvalue weighted by Crippen LogP contribution is -2.42. The van der Waals surface area contributed by atoms with Crippen LogP contribution >= 0.6 is 0 Å². The van der Waals surface area contributed by atoms with Crippen molar-refractivity contribution in [2.24, 2.45) is 10.8 Å². The van der Waals surface area contributed by atoms with Crippen LogP contribution in [0.3, 0.4) is 0 Å². The normalized spacial score (nSPS) is 18.3. The number of methoxy groups -OCH3 is 2. The van der Waals surface area contributed by atoms with Crippen LogP contribution in [-0.2, 0) is 19.1 Å². The molecule has 2 aromatic rings. The minimum absolute atomic E-state index is 0.0767. The van der Waals surface area contributed by atoms with Gasteiger partial charge in [0, 0.05) is 25.5 Å². The second-order valence-electron chi connectivity index (χ2n) is 14.1. The zero-order valence-corrected chi connectivity index (χ0v) is 29.6. The van der Waals surface area contributed by atoms with Crippen LogP contribution in [0.5, 0.6) is 0 Å². The molecule has 0 unspecified atom stereocenters. The number of rotatable bonds is 8. The third kappa shape index (κ3) is 9.02. The summed E-state index contributed by atoms with van der Waals surface area (Å²) in [4.78, 5) is 29.1. The number of carbonyl (C=O) groups is 2. The van der Waals surface area contributed by atoms with Crippen LogP contribution < -0.4 is 0 Å². The van der Waals surface area contributed by atoms with Crippen molar-refractivity contribution < 1.29 is 19.1 Å². The van der Waals surface area contributed by atoms with Crippen molar-refractivity contribution in [3.63, 3.8) is 0 Å². The summed E-state index contributed by atoms with van der Waals surface area (Å²) in [6.45, 7) is 19.5. The highest BCUT2D eigenvalue weighted by atomic mass is 16.5. The maximum atomic E-state index is 12.3. The Morgan fingerprint density at radius 2 is 0.935 bits per heavy atom. The van der Waals surface area contributed by atoms with E-state index in [1.165, 1.54) is 14.2 Å². The van der Waals surface area contributed by atoms with E-state index < -0.39 is 0 Å². The average molecular weight is 627 g/mol. The second kappa shape index (κ2) is 16.0. The molecule has 0 radical (unpaired) electrons. The number of ether oxygens (including phenoxy) is 2. The van der Waals surface area contributed by atoms with E-state index in [4.69, 9.17) is 9.47 Å². The highest BCUT2D eigenvalue weighted by Crippen LogP contribution is 2.38. The Labute approximate surface area is 277 Å². The lowest BCUT2D eigenvalue weighted by Gasteiger charge is -2.41. The van der Waals surface area contributed by atoms with Crippen molar-refractivity contribution in [3.05, 3.63) is 107 Å². The third-order valence-electron chi connectivity index (χ3n) is 8.25. The molecule has 2 aliphatic rings. The fraction of sp³-hybridized carbons (Fsp3) is 0.450. The van der Waals surface area contributed by atoms with Crippen molar-refractivity contribution in [2.75, 3.05) is 27.3 Å². The van der Waals surface area contributed by atoms with Gasteiger partial charge in [0.2, 0.25) is 0 Å². The highest BCUT2D eigenvalue weighted by Gasteiger charge is 2.34. The zero-order valence-electron chi connectivity index (χ0n) is 29.6. The molecule has 6 heteroatoms. The minimum Gasteiger partial charge on any atom is -0.465 e. The van der Waals surface area contributed by atoms with E-state index in [-0.39, 0.29) is 34.9 Å². The van der Waals surface area contributed by atoms with Gasteiger partial charge in [-0.2, -0.15) is 0 Å². The Balaban J connectivity index is 0.000000250. The van der Waals surface area contributed by atoms with Gasteiger partial charge < -0.3 is 19.3 Å². The molecule has 0 saturated carbocycles. The van der Waals surface area contributed by atoms with Gasteiger partial charge in [-0.3, -0.25) is 0 Å². The van der Waals surface area contributed by atoms with Gasteiger partial charge >= 0.3 is 11.9 Å². The summed E-state index contributed by atoms with van der Waals surface area (Å²) in [6.07, 6.45) is 10.5. The Morgan fingerprint density at radius 3 is 1.20 bits per heavy atom. The van der Waals surface area contributed by atoms with Crippen LogP contribution in [0.15, 0.2) is 96.4 Å². The smallest absolute Gasteiger partial charge is 0.339 e. The number of esters is 2. The topological polar surface area (TPSA) is 59.1 Å². The monoisotopic (exact) mass is 626 g/mol. The number of benzene rings is 2. The van der Waals surface area contributed by atoms with E-state index in [0.717, 1.165) is 48.2 Å². The predicted molar refractivity (Wildman–Crippen MR) is 190 cm³/mol. The van der Waals surface area contributed by atoms with E-state index in [9.17, 15) is 9.59 Å². The molecule has 0 N–H and O–H groups in total. The summed E-state index contributed by atoms with van der Waals surface area (Å²) in [7, 11) is 2.87. The summed E-state index contributed by atoms with van der Waals surface area (Å²) in [6, 6.07) is 20.6. The van der Waals surface area contributed by atoms with Gasteiger partial charge in [0.1, 0.15) is 0 Å². The summed E-state index contributed by atoms with van der Waals surface area (Å²) < 4.78 is 10.0. The predicted octanol–water partition coefficient (Wildman–Crippen LogP) is 8.53. The van der Waals surface area contributed by atoms with Crippen molar-refractivity contribution >= 4 is 23.1 Å². The van der Waals surface area contributed by atoms with Gasteiger partial charge in [0.25, 0.3) is 0 Å². The Hall–Kier alpha value is -4.06. The number of hydrogen-bond donors (Lipinski definition) is 0. The van der Waals surface area contributed by atoms with E-state index >= 15 is 0 Å². The lowest BCUT2D eigenvalue weighted by molar-refractivity contribution is -0.136. The largest absolute Gasteiger partial charge is 0.465 e. The Kier molecular flexibility index (Phi) is 12.6. The molecule has 46 heavy (non-hydrogen) atoms. The van der Waals surface area contributed by atoms with Crippen LogP contribution in [0.2, 0.25) is 0 Å². The van der Waals surface area contributed by atoms with Gasteiger partial charge in [-0.05, 0) is 45.9 Å². The molecule has 2 atom stereocenters. The molecule has 0 aliphatic carbocycles. The summed E-state index contributed by atoms with van der Waals surface area (Å²) in [5.74, 6) is -0.567. The lowest BCUT2D eigenvalue weighted by atomic mass is 9.80. The second-order valence-corrected chi connectivity index (χ2v) is 14.1. The van der Waals surface area contributed by atoms with Gasteiger partial charge in [-0.25, -0.2) is 9.59 Å². The molecule has 2 aromatic carbocycles. The van der Waals surface area contributed by atoms with Crippen LogP contribution in [0.4, 0.5) is 0 Å². The zero-order chi connectivity index (χ0) is 34.1. The molecule has 4 rings (SSSR count). The molecule has 2 heterocycles. The quantitative estimate of drug-likeness (QED) is 0.274. The van der Waals surface area contributed by atoms with Crippen LogP contribution in [0.1, 0.15) is 79.4 Å². The third-order valence-corrected chi connectivity index (χ3v) is 8.25. The number of carbonyl (C=O) groups excluding carboxylic acids is 2. The standard InChI is InChI=1S/2C20H27NO2/c2*1-6-12-21-14-17(19(22)23-5)16(13-18(21)20(2,3)4)15-10-8-7-9-11-15/h2*7-11,13-14,18H,6,12H2,1-5H3/t2*18-/m10/s1. The highest BCUT2D eigenvalue weighted by molar-refractivity contribution is 6.07. The Bertz CT molecular complexity index is 1330. The molecule has 0 fully saturated rings. The molecule has 2 aliphatic heterocycles. The molecule has 6 nitrogen and oxygen atoms in total. The summed E-state index contributed by atoms with van der Waals surface area (Å²) >= 11 is 0. The van der Waals surface area contributed by atoms with Gasteiger partial charge in [-0.15, -0.1) is 0 Å². The van der Waals surface area contributed by atoms with Gasteiger partial charge in [0.05, 0.1) is 37.4 Å². The molecule has 0 amide bonds. The van der Waals surface area contributed by atoms with Crippen molar-refractivity contribution in [3.8, 4) is 0 Å². The van der Waals surface area contributed by atoms with E-state index in [2.05, 4.69) is 77.3 Å². The first-order chi connectivity index (χ1) is 21.8. The fourth-order valence-electron chi connectivity index (χ4n) is 6.02. The van der Waals surface area contributed by atoms with Crippen LogP contribution in [0, 0.1) is 10.8 Å². The summed E-state index contributed by atoms with van der Waals surface area (Å²) in [5.41, 5.74) is 5.44. The number of hydrogen-bond acceptors (Lipinski definition) is 6. The number of nitrogens with zero attached hydrogens (tertiary/aromatic N) is 2. The maximum Gasteiger partial charge on any atom is 0.339 e. The molecular weight excluding hydrogens is 572 g/mol. The van der Waals surface area contributed by atoms with E-state index in [1.54, 1.807) is 0 Å². The van der Waals surface area contributed by atoms with Crippen LogP contribution in [-0.4, -0.2) is 61.1 Å². The van der Waals surface area contributed by atoms with Crippen molar-refractivity contribution in [1.82, 2.24) is 9.80 Å². The molecule has 0 aromatic heterocycles. The molecule has 0 spiro atoms. The molecule has 248 valence electrons. The van der Waals surface area contributed by atoms with Gasteiger partial charge in [-0.1, -0.05) is 128 Å². The van der Waals surface area contributed by atoms with Crippen molar-refractivity contribution in [2.45, 2.75) is 80.3 Å².